The first-order valence-corrected chi connectivity index (χ1v) is 5.94. The summed E-state index contributed by atoms with van der Waals surface area (Å²) in [6, 6.07) is 8.33. The van der Waals surface area contributed by atoms with Crippen LogP contribution in [0.15, 0.2) is 47.5 Å². The van der Waals surface area contributed by atoms with Gasteiger partial charge in [0, 0.05) is 24.5 Å². The topological polar surface area (TPSA) is 48.3 Å². The van der Waals surface area contributed by atoms with Crippen molar-refractivity contribution < 1.29 is 9.53 Å². The Labute approximate surface area is 111 Å². The lowest BCUT2D eigenvalue weighted by Crippen LogP contribution is -2.13. The molecule has 1 heterocycles. The van der Waals surface area contributed by atoms with Crippen LogP contribution in [0.1, 0.15) is 15.9 Å². The van der Waals surface area contributed by atoms with Crippen LogP contribution in [0.25, 0.3) is 0 Å². The zero-order valence-electron chi connectivity index (χ0n) is 10.9. The number of pyridine rings is 1. The zero-order valence-corrected chi connectivity index (χ0v) is 10.9. The minimum atomic E-state index is -0.0726. The smallest absolute Gasteiger partial charge is 0.186 e. The predicted molar refractivity (Wildman–Crippen MR) is 72.8 cm³/mol. The molecule has 4 nitrogen and oxygen atoms in total. The van der Waals surface area contributed by atoms with Crippen LogP contribution in [0, 0.1) is 6.92 Å². The van der Waals surface area contributed by atoms with Crippen LogP contribution in [0.2, 0.25) is 0 Å². The number of rotatable bonds is 4. The van der Waals surface area contributed by atoms with Gasteiger partial charge >= 0.3 is 0 Å². The third-order valence-corrected chi connectivity index (χ3v) is 2.84. The quantitative estimate of drug-likeness (QED) is 0.788. The molecule has 4 heteroatoms. The predicted octanol–water partition coefficient (Wildman–Crippen LogP) is 2.05. The number of ketones is 1. The molecule has 0 unspecified atom stereocenters. The number of benzene rings is 1. The Hall–Kier alpha value is -2.36. The van der Waals surface area contributed by atoms with Gasteiger partial charge in [0.05, 0.1) is 19.2 Å². The molecule has 0 radical (unpaired) electrons. The highest BCUT2D eigenvalue weighted by Gasteiger charge is 2.12. The molecule has 0 N–H and O–H groups in total. The van der Waals surface area contributed by atoms with E-state index in [2.05, 4.69) is 0 Å². The summed E-state index contributed by atoms with van der Waals surface area (Å²) < 4.78 is 6.89. The molecule has 0 aliphatic carbocycles. The molecule has 1 aromatic carbocycles. The summed E-state index contributed by atoms with van der Waals surface area (Å²) in [6.07, 6.45) is 3.20. The van der Waals surface area contributed by atoms with Crippen LogP contribution in [-0.4, -0.2) is 17.5 Å². The first-order valence-electron chi connectivity index (χ1n) is 5.94. The highest BCUT2D eigenvalue weighted by molar-refractivity contribution is 5.98. The minimum Gasteiger partial charge on any atom is -0.496 e. The first kappa shape index (κ1) is 13.1. The number of carbonyl (C=O) groups is 1. The molecule has 0 aliphatic rings. The molecule has 1 aromatic heterocycles. The Morgan fingerprint density at radius 2 is 1.89 bits per heavy atom. The van der Waals surface area contributed by atoms with E-state index in [0.717, 1.165) is 5.56 Å². The Morgan fingerprint density at radius 1 is 1.21 bits per heavy atom. The van der Waals surface area contributed by atoms with Crippen molar-refractivity contribution >= 4 is 5.78 Å². The summed E-state index contributed by atoms with van der Waals surface area (Å²) in [5.41, 5.74) is 1.51. The van der Waals surface area contributed by atoms with Gasteiger partial charge in [0.2, 0.25) is 0 Å². The van der Waals surface area contributed by atoms with Crippen molar-refractivity contribution in [1.29, 1.82) is 0 Å². The Kier molecular flexibility index (Phi) is 3.80. The summed E-state index contributed by atoms with van der Waals surface area (Å²) in [5, 5.41) is 0. The average molecular weight is 257 g/mol. The van der Waals surface area contributed by atoms with Crippen molar-refractivity contribution in [3.05, 3.63) is 64.1 Å². The van der Waals surface area contributed by atoms with E-state index in [9.17, 15) is 9.59 Å². The lowest BCUT2D eigenvalue weighted by molar-refractivity contribution is 0.0969. The first-order chi connectivity index (χ1) is 9.10. The number of aromatic nitrogens is 1. The number of nitrogens with zero attached hydrogens (tertiary/aromatic N) is 1. The van der Waals surface area contributed by atoms with Gasteiger partial charge in [0.25, 0.3) is 0 Å². The van der Waals surface area contributed by atoms with Crippen molar-refractivity contribution in [3.8, 4) is 5.75 Å². The Balaban J connectivity index is 2.24. The number of carbonyl (C=O) groups excluding carboxylic acids is 1. The minimum absolute atomic E-state index is 0.0551. The summed E-state index contributed by atoms with van der Waals surface area (Å²) in [5.74, 6) is 0.520. The maximum atomic E-state index is 12.2. The Bertz CT molecular complexity index is 638. The molecule has 0 atom stereocenters. The summed E-state index contributed by atoms with van der Waals surface area (Å²) in [7, 11) is 1.55. The van der Waals surface area contributed by atoms with Crippen LogP contribution in [0.4, 0.5) is 0 Å². The van der Waals surface area contributed by atoms with Crippen molar-refractivity contribution in [3.63, 3.8) is 0 Å². The SMILES string of the molecule is COc1cc(C)ccc1C(=O)Cn1ccc(=O)cc1. The number of Topliss-reactive ketones (excluding diaryl/α,β-unsaturated/α-hetero) is 1. The molecule has 0 aliphatic heterocycles. The number of hydrogen-bond acceptors (Lipinski definition) is 3. The molecule has 19 heavy (non-hydrogen) atoms. The largest absolute Gasteiger partial charge is 0.496 e. The normalized spacial score (nSPS) is 10.2. The van der Waals surface area contributed by atoms with Crippen molar-refractivity contribution in [1.82, 2.24) is 4.57 Å². The molecule has 0 saturated carbocycles. The molecule has 2 rings (SSSR count). The lowest BCUT2D eigenvalue weighted by Gasteiger charge is -2.10. The second kappa shape index (κ2) is 5.52. The lowest BCUT2D eigenvalue weighted by atomic mass is 10.1. The molecular formula is C15H15NO3. The summed E-state index contributed by atoms with van der Waals surface area (Å²) >= 11 is 0. The van der Waals surface area contributed by atoms with E-state index < -0.39 is 0 Å². The molecular weight excluding hydrogens is 242 g/mol. The van der Waals surface area contributed by atoms with Gasteiger partial charge in [0.15, 0.2) is 11.2 Å². The van der Waals surface area contributed by atoms with Crippen LogP contribution in [-0.2, 0) is 6.54 Å². The molecule has 0 amide bonds. The van der Waals surface area contributed by atoms with E-state index in [0.29, 0.717) is 11.3 Å². The number of methoxy groups -OCH3 is 1. The van der Waals surface area contributed by atoms with Crippen molar-refractivity contribution in [2.24, 2.45) is 0 Å². The van der Waals surface area contributed by atoms with E-state index in [1.165, 1.54) is 12.1 Å². The van der Waals surface area contributed by atoms with Gasteiger partial charge in [-0.25, -0.2) is 0 Å². The van der Waals surface area contributed by atoms with Gasteiger partial charge in [-0.1, -0.05) is 6.07 Å². The van der Waals surface area contributed by atoms with Gasteiger partial charge in [-0.3, -0.25) is 9.59 Å². The summed E-state index contributed by atoms with van der Waals surface area (Å²) in [4.78, 5) is 23.2. The maximum absolute atomic E-state index is 12.2. The Morgan fingerprint density at radius 3 is 2.53 bits per heavy atom. The highest BCUT2D eigenvalue weighted by atomic mass is 16.5. The third kappa shape index (κ3) is 3.10. The molecule has 0 spiro atoms. The molecule has 0 saturated heterocycles. The van der Waals surface area contributed by atoms with Crippen LogP contribution < -0.4 is 10.2 Å². The zero-order chi connectivity index (χ0) is 13.8. The van der Waals surface area contributed by atoms with Crippen LogP contribution >= 0.6 is 0 Å². The van der Waals surface area contributed by atoms with Gasteiger partial charge < -0.3 is 9.30 Å². The molecule has 0 fully saturated rings. The molecule has 98 valence electrons. The van der Waals surface area contributed by atoms with Crippen LogP contribution in [0.5, 0.6) is 5.75 Å². The highest BCUT2D eigenvalue weighted by Crippen LogP contribution is 2.20. The second-order valence-electron chi connectivity index (χ2n) is 4.33. The van der Waals surface area contributed by atoms with Gasteiger partial charge in [-0.15, -0.1) is 0 Å². The third-order valence-electron chi connectivity index (χ3n) is 2.84. The van der Waals surface area contributed by atoms with E-state index in [4.69, 9.17) is 4.74 Å². The van der Waals surface area contributed by atoms with E-state index in [1.54, 1.807) is 30.1 Å². The average Bonchev–Trinajstić information content (AvgIpc) is 2.41. The second-order valence-corrected chi connectivity index (χ2v) is 4.33. The van der Waals surface area contributed by atoms with Gasteiger partial charge in [-0.05, 0) is 24.6 Å². The van der Waals surface area contributed by atoms with E-state index in [-0.39, 0.29) is 17.8 Å². The van der Waals surface area contributed by atoms with Crippen molar-refractivity contribution in [2.45, 2.75) is 13.5 Å². The number of ether oxygens (including phenoxy) is 1. The fourth-order valence-electron chi connectivity index (χ4n) is 1.83. The van der Waals surface area contributed by atoms with Crippen LogP contribution in [0.3, 0.4) is 0 Å². The monoisotopic (exact) mass is 257 g/mol. The number of hydrogen-bond donors (Lipinski definition) is 0. The number of aryl methyl sites for hydroxylation is 1. The fraction of sp³-hybridized carbons (Fsp3) is 0.200. The van der Waals surface area contributed by atoms with Gasteiger partial charge in [-0.2, -0.15) is 0 Å². The fourth-order valence-corrected chi connectivity index (χ4v) is 1.83. The maximum Gasteiger partial charge on any atom is 0.186 e. The van der Waals surface area contributed by atoms with E-state index in [1.807, 2.05) is 19.1 Å². The van der Waals surface area contributed by atoms with Gasteiger partial charge in [0.1, 0.15) is 5.75 Å². The molecule has 2 aromatic rings. The summed E-state index contributed by atoms with van der Waals surface area (Å²) in [6.45, 7) is 2.12. The van der Waals surface area contributed by atoms with Crippen molar-refractivity contribution in [2.75, 3.05) is 7.11 Å². The standard InChI is InChI=1S/C15H15NO3/c1-11-3-4-13(15(9-11)19-2)14(18)10-16-7-5-12(17)6-8-16/h3-9H,10H2,1-2H3. The van der Waals surface area contributed by atoms with E-state index >= 15 is 0 Å². The molecule has 0 bridgehead atoms.